The number of hydrogen-bond donors (Lipinski definition) is 2. The van der Waals surface area contributed by atoms with Gasteiger partial charge in [-0.25, -0.2) is 0 Å². The first-order valence-electron chi connectivity index (χ1n) is 8.88. The van der Waals surface area contributed by atoms with E-state index in [4.69, 9.17) is 15.2 Å². The van der Waals surface area contributed by atoms with Crippen LogP contribution in [0.2, 0.25) is 0 Å². The Kier molecular flexibility index (Phi) is 6.27. The number of rotatable bonds is 9. The van der Waals surface area contributed by atoms with Crippen LogP contribution in [0.5, 0.6) is 11.5 Å². The Morgan fingerprint density at radius 3 is 2.52 bits per heavy atom. The van der Waals surface area contributed by atoms with Crippen LogP contribution in [0.4, 0.5) is 5.82 Å². The molecule has 0 aliphatic heterocycles. The van der Waals surface area contributed by atoms with Crippen molar-refractivity contribution in [3.05, 3.63) is 54.1 Å². The fourth-order valence-corrected chi connectivity index (χ4v) is 2.65. The molecular weight excluding hydrogens is 342 g/mol. The fourth-order valence-electron chi connectivity index (χ4n) is 2.65. The first kappa shape index (κ1) is 18.7. The first-order chi connectivity index (χ1) is 13.1. The zero-order valence-corrected chi connectivity index (χ0v) is 15.7. The summed E-state index contributed by atoms with van der Waals surface area (Å²) in [6.07, 6.45) is 0.992. The second kappa shape index (κ2) is 9.05. The molecule has 0 aliphatic carbocycles. The summed E-state index contributed by atoms with van der Waals surface area (Å²) in [4.78, 5) is 2.15. The molecule has 0 bridgehead atoms. The Balaban J connectivity index is 1.57. The fraction of sp³-hybridized carbons (Fsp3) is 0.300. The van der Waals surface area contributed by atoms with E-state index < -0.39 is 0 Å². The molecule has 7 nitrogen and oxygen atoms in total. The van der Waals surface area contributed by atoms with Crippen LogP contribution in [0.1, 0.15) is 12.0 Å². The highest BCUT2D eigenvalue weighted by Gasteiger charge is 2.08. The summed E-state index contributed by atoms with van der Waals surface area (Å²) in [7, 11) is 4.12. The third-order valence-electron chi connectivity index (χ3n) is 4.00. The van der Waals surface area contributed by atoms with Crippen LogP contribution in [0.25, 0.3) is 11.3 Å². The van der Waals surface area contributed by atoms with Gasteiger partial charge in [-0.05, 0) is 50.3 Å². The predicted octanol–water partition coefficient (Wildman–Crippen LogP) is 2.96. The van der Waals surface area contributed by atoms with Crippen molar-refractivity contribution >= 4 is 5.82 Å². The van der Waals surface area contributed by atoms with E-state index in [1.54, 1.807) is 0 Å². The summed E-state index contributed by atoms with van der Waals surface area (Å²) >= 11 is 0. The minimum atomic E-state index is 0.367. The van der Waals surface area contributed by atoms with Gasteiger partial charge in [-0.3, -0.25) is 0 Å². The zero-order valence-electron chi connectivity index (χ0n) is 15.7. The van der Waals surface area contributed by atoms with Gasteiger partial charge in [-0.1, -0.05) is 24.3 Å². The number of benzene rings is 2. The standard InChI is InChI=1S/C20H25N5O2/c1-25(2)10-5-11-26-17-8-3-6-15(12-17)14-27-18-9-4-7-16(13-18)19-20(21)23-24-22-19/h3-4,6-9,12-13H,5,10-11,14H2,1-2H3,(H3,21,22,23,24). The summed E-state index contributed by atoms with van der Waals surface area (Å²) < 4.78 is 11.7. The topological polar surface area (TPSA) is 89.3 Å². The number of nitrogens with one attached hydrogen (secondary N) is 1. The number of aromatic amines is 1. The minimum absolute atomic E-state index is 0.367. The molecule has 142 valence electrons. The molecule has 1 aromatic heterocycles. The van der Waals surface area contributed by atoms with Gasteiger partial charge in [-0.2, -0.15) is 10.3 Å². The van der Waals surface area contributed by atoms with Crippen molar-refractivity contribution in [2.24, 2.45) is 0 Å². The lowest BCUT2D eigenvalue weighted by Gasteiger charge is -2.12. The predicted molar refractivity (Wildman–Crippen MR) is 106 cm³/mol. The molecule has 0 saturated heterocycles. The van der Waals surface area contributed by atoms with Gasteiger partial charge in [0.05, 0.1) is 6.61 Å². The van der Waals surface area contributed by atoms with E-state index in [0.29, 0.717) is 24.7 Å². The highest BCUT2D eigenvalue weighted by Crippen LogP contribution is 2.25. The number of ether oxygens (including phenoxy) is 2. The molecular formula is C20H25N5O2. The number of hydrogen-bond acceptors (Lipinski definition) is 6. The smallest absolute Gasteiger partial charge is 0.173 e. The Labute approximate surface area is 159 Å². The summed E-state index contributed by atoms with van der Waals surface area (Å²) in [6, 6.07) is 15.6. The molecule has 0 radical (unpaired) electrons. The minimum Gasteiger partial charge on any atom is -0.494 e. The maximum absolute atomic E-state index is 5.92. The quantitative estimate of drug-likeness (QED) is 0.565. The highest BCUT2D eigenvalue weighted by molar-refractivity contribution is 5.70. The van der Waals surface area contributed by atoms with Crippen molar-refractivity contribution in [1.29, 1.82) is 0 Å². The average Bonchev–Trinajstić information content (AvgIpc) is 3.10. The summed E-state index contributed by atoms with van der Waals surface area (Å²) in [5.74, 6) is 1.97. The number of H-pyrrole nitrogens is 1. The molecule has 1 heterocycles. The van der Waals surface area contributed by atoms with E-state index in [-0.39, 0.29) is 0 Å². The molecule has 2 aromatic carbocycles. The monoisotopic (exact) mass is 367 g/mol. The van der Waals surface area contributed by atoms with E-state index in [2.05, 4.69) is 34.4 Å². The molecule has 3 N–H and O–H groups in total. The van der Waals surface area contributed by atoms with Crippen LogP contribution >= 0.6 is 0 Å². The molecule has 3 rings (SSSR count). The van der Waals surface area contributed by atoms with E-state index in [9.17, 15) is 0 Å². The van der Waals surface area contributed by atoms with E-state index in [0.717, 1.165) is 35.6 Å². The van der Waals surface area contributed by atoms with Crippen molar-refractivity contribution in [2.75, 3.05) is 33.0 Å². The van der Waals surface area contributed by atoms with E-state index in [1.807, 2.05) is 48.5 Å². The van der Waals surface area contributed by atoms with Gasteiger partial charge in [-0.15, -0.1) is 5.10 Å². The third-order valence-corrected chi connectivity index (χ3v) is 4.00. The molecule has 27 heavy (non-hydrogen) atoms. The van der Waals surface area contributed by atoms with Crippen LogP contribution in [-0.2, 0) is 6.61 Å². The van der Waals surface area contributed by atoms with Gasteiger partial charge in [0.15, 0.2) is 5.82 Å². The summed E-state index contributed by atoms with van der Waals surface area (Å²) in [6.45, 7) is 2.16. The molecule has 7 heteroatoms. The zero-order chi connectivity index (χ0) is 19.1. The normalized spacial score (nSPS) is 10.9. The van der Waals surface area contributed by atoms with Gasteiger partial charge in [0, 0.05) is 12.1 Å². The number of aromatic nitrogens is 3. The Morgan fingerprint density at radius 2 is 1.78 bits per heavy atom. The Morgan fingerprint density at radius 1 is 1.00 bits per heavy atom. The summed E-state index contributed by atoms with van der Waals surface area (Å²) in [5.41, 5.74) is 8.33. The first-order valence-corrected chi connectivity index (χ1v) is 8.88. The molecule has 0 saturated carbocycles. The molecule has 0 spiro atoms. The van der Waals surface area contributed by atoms with Crippen LogP contribution in [-0.4, -0.2) is 47.6 Å². The van der Waals surface area contributed by atoms with Gasteiger partial charge >= 0.3 is 0 Å². The van der Waals surface area contributed by atoms with Crippen LogP contribution in [0, 0.1) is 0 Å². The average molecular weight is 367 g/mol. The van der Waals surface area contributed by atoms with Crippen molar-refractivity contribution < 1.29 is 9.47 Å². The number of nitrogens with two attached hydrogens (primary N) is 1. The second-order valence-electron chi connectivity index (χ2n) is 6.53. The Bertz CT molecular complexity index is 863. The molecule has 0 fully saturated rings. The SMILES string of the molecule is CN(C)CCCOc1cccc(COc2cccc(-c3n[nH]nc3N)c2)c1. The summed E-state index contributed by atoms with van der Waals surface area (Å²) in [5, 5.41) is 10.4. The molecule has 0 amide bonds. The lowest BCUT2D eigenvalue weighted by Crippen LogP contribution is -2.15. The Hall–Kier alpha value is -3.06. The molecule has 0 aliphatic rings. The lowest BCUT2D eigenvalue weighted by atomic mass is 10.1. The number of anilines is 1. The second-order valence-corrected chi connectivity index (χ2v) is 6.53. The van der Waals surface area contributed by atoms with Crippen molar-refractivity contribution in [3.8, 4) is 22.8 Å². The van der Waals surface area contributed by atoms with Crippen LogP contribution < -0.4 is 15.2 Å². The van der Waals surface area contributed by atoms with Crippen LogP contribution in [0.15, 0.2) is 48.5 Å². The van der Waals surface area contributed by atoms with Gasteiger partial charge < -0.3 is 20.1 Å². The molecule has 3 aromatic rings. The lowest BCUT2D eigenvalue weighted by molar-refractivity contribution is 0.279. The van der Waals surface area contributed by atoms with Crippen LogP contribution in [0.3, 0.4) is 0 Å². The van der Waals surface area contributed by atoms with E-state index in [1.165, 1.54) is 0 Å². The van der Waals surface area contributed by atoms with Gasteiger partial charge in [0.2, 0.25) is 0 Å². The van der Waals surface area contributed by atoms with Crippen molar-refractivity contribution in [3.63, 3.8) is 0 Å². The maximum atomic E-state index is 5.92. The number of nitrogen functional groups attached to an aromatic ring is 1. The molecule has 0 atom stereocenters. The number of nitrogens with zero attached hydrogens (tertiary/aromatic N) is 3. The van der Waals surface area contributed by atoms with Crippen molar-refractivity contribution in [1.82, 2.24) is 20.3 Å². The van der Waals surface area contributed by atoms with Crippen molar-refractivity contribution in [2.45, 2.75) is 13.0 Å². The third kappa shape index (κ3) is 5.46. The van der Waals surface area contributed by atoms with Gasteiger partial charge in [0.1, 0.15) is 23.8 Å². The van der Waals surface area contributed by atoms with Gasteiger partial charge in [0.25, 0.3) is 0 Å². The maximum Gasteiger partial charge on any atom is 0.173 e. The largest absolute Gasteiger partial charge is 0.494 e. The van der Waals surface area contributed by atoms with E-state index >= 15 is 0 Å². The highest BCUT2D eigenvalue weighted by atomic mass is 16.5. The molecule has 0 unspecified atom stereocenters.